The Bertz CT molecular complexity index is 1020. The van der Waals surface area contributed by atoms with Gasteiger partial charge in [0.1, 0.15) is 5.58 Å². The molecule has 0 bridgehead atoms. The van der Waals surface area contributed by atoms with Crippen LogP contribution in [0.15, 0.2) is 52.9 Å². The fourth-order valence-electron chi connectivity index (χ4n) is 4.38. The van der Waals surface area contributed by atoms with Crippen LogP contribution in [0.1, 0.15) is 66.9 Å². The summed E-state index contributed by atoms with van der Waals surface area (Å²) in [4.78, 5) is 15.4. The molecule has 2 aromatic carbocycles. The molecule has 158 valence electrons. The number of hydrogen-bond acceptors (Lipinski definition) is 3. The Morgan fingerprint density at radius 3 is 2.37 bits per heavy atom. The van der Waals surface area contributed by atoms with E-state index in [9.17, 15) is 4.79 Å². The molecule has 0 unspecified atom stereocenters. The molecular weight excluding hydrogens is 372 g/mol. The molecule has 0 saturated carbocycles. The van der Waals surface area contributed by atoms with Gasteiger partial charge < -0.3 is 9.73 Å². The van der Waals surface area contributed by atoms with Crippen LogP contribution in [0.25, 0.3) is 11.0 Å². The first-order chi connectivity index (χ1) is 14.3. The van der Waals surface area contributed by atoms with Crippen LogP contribution in [0, 0.1) is 6.92 Å². The van der Waals surface area contributed by atoms with E-state index >= 15 is 0 Å². The minimum Gasteiger partial charge on any atom is -0.451 e. The molecule has 1 fully saturated rings. The lowest BCUT2D eigenvalue weighted by atomic mass is 9.86. The molecule has 1 atom stereocenters. The van der Waals surface area contributed by atoms with Gasteiger partial charge in [0.15, 0.2) is 5.76 Å². The molecule has 4 nitrogen and oxygen atoms in total. The molecule has 0 aliphatic carbocycles. The Morgan fingerprint density at radius 1 is 1.07 bits per heavy atom. The number of amides is 1. The molecule has 2 heterocycles. The third-order valence-corrected chi connectivity index (χ3v) is 6.25. The number of aryl methyl sites for hydroxylation is 1. The Kier molecular flexibility index (Phi) is 5.70. The second-order valence-electron chi connectivity index (χ2n) is 9.39. The predicted octanol–water partition coefficient (Wildman–Crippen LogP) is 5.61. The number of furan rings is 1. The van der Waals surface area contributed by atoms with Gasteiger partial charge in [-0.3, -0.25) is 9.69 Å². The van der Waals surface area contributed by atoms with E-state index in [0.29, 0.717) is 12.3 Å². The van der Waals surface area contributed by atoms with Gasteiger partial charge in [0, 0.05) is 17.5 Å². The van der Waals surface area contributed by atoms with Crippen LogP contribution in [0.5, 0.6) is 0 Å². The lowest BCUT2D eigenvalue weighted by Crippen LogP contribution is -2.37. The number of likely N-dealkylation sites (tertiary alicyclic amines) is 1. The maximum absolute atomic E-state index is 12.9. The second-order valence-corrected chi connectivity index (χ2v) is 9.39. The monoisotopic (exact) mass is 404 g/mol. The van der Waals surface area contributed by atoms with Gasteiger partial charge in [-0.25, -0.2) is 0 Å². The maximum atomic E-state index is 12.9. The predicted molar refractivity (Wildman–Crippen MR) is 122 cm³/mol. The van der Waals surface area contributed by atoms with Gasteiger partial charge in [0.05, 0.1) is 6.04 Å². The van der Waals surface area contributed by atoms with Crippen molar-refractivity contribution in [1.82, 2.24) is 10.2 Å². The fraction of sp³-hybridized carbons (Fsp3) is 0.423. The zero-order valence-corrected chi connectivity index (χ0v) is 18.5. The van der Waals surface area contributed by atoms with E-state index in [1.807, 2.05) is 31.2 Å². The third-order valence-electron chi connectivity index (χ3n) is 6.25. The number of carbonyl (C=O) groups is 1. The molecule has 30 heavy (non-hydrogen) atoms. The molecule has 1 amide bonds. The summed E-state index contributed by atoms with van der Waals surface area (Å²) in [5.41, 5.74) is 4.37. The van der Waals surface area contributed by atoms with E-state index in [4.69, 9.17) is 4.42 Å². The van der Waals surface area contributed by atoms with Crippen LogP contribution < -0.4 is 5.32 Å². The molecule has 4 rings (SSSR count). The standard InChI is InChI=1S/C26H32N2O2/c1-18-21-9-5-6-10-23(21)30-24(18)25(29)27-17-22(28-15-7-8-16-28)19-11-13-20(14-12-19)26(2,3)4/h5-6,9-14,22H,7-8,15-17H2,1-4H3,(H,27,29)/t22-/m0/s1. The van der Waals surface area contributed by atoms with Crippen molar-refractivity contribution in [3.05, 3.63) is 71.0 Å². The number of rotatable bonds is 5. The van der Waals surface area contributed by atoms with Crippen LogP contribution >= 0.6 is 0 Å². The summed E-state index contributed by atoms with van der Waals surface area (Å²) in [5.74, 6) is 0.277. The van der Waals surface area contributed by atoms with Crippen molar-refractivity contribution < 1.29 is 9.21 Å². The largest absolute Gasteiger partial charge is 0.451 e. The molecule has 0 spiro atoms. The van der Waals surface area contributed by atoms with Gasteiger partial charge >= 0.3 is 0 Å². The third kappa shape index (κ3) is 4.15. The van der Waals surface area contributed by atoms with Gasteiger partial charge in [-0.05, 0) is 55.5 Å². The maximum Gasteiger partial charge on any atom is 0.287 e. The minimum atomic E-state index is -0.140. The molecule has 1 aromatic heterocycles. The fourth-order valence-corrected chi connectivity index (χ4v) is 4.38. The number of fused-ring (bicyclic) bond motifs is 1. The highest BCUT2D eigenvalue weighted by Gasteiger charge is 2.26. The van der Waals surface area contributed by atoms with Crippen LogP contribution in [0.2, 0.25) is 0 Å². The topological polar surface area (TPSA) is 45.5 Å². The summed E-state index contributed by atoms with van der Waals surface area (Å²) < 4.78 is 5.85. The summed E-state index contributed by atoms with van der Waals surface area (Å²) in [6, 6.07) is 16.9. The van der Waals surface area contributed by atoms with Crippen molar-refractivity contribution in [2.45, 2.75) is 52.0 Å². The first-order valence-electron chi connectivity index (χ1n) is 11.0. The Morgan fingerprint density at radius 2 is 1.73 bits per heavy atom. The van der Waals surface area contributed by atoms with E-state index in [1.165, 1.54) is 24.0 Å². The minimum absolute atomic E-state index is 0.134. The SMILES string of the molecule is Cc1c(C(=O)NC[C@@H](c2ccc(C(C)(C)C)cc2)N2CCCC2)oc2ccccc12. The van der Waals surface area contributed by atoms with E-state index in [0.717, 1.165) is 29.6 Å². The molecule has 4 heteroatoms. The zero-order chi connectivity index (χ0) is 21.3. The number of nitrogens with one attached hydrogen (secondary N) is 1. The van der Waals surface area contributed by atoms with E-state index in [1.54, 1.807) is 0 Å². The summed E-state index contributed by atoms with van der Waals surface area (Å²) in [6.45, 7) is 11.4. The number of benzene rings is 2. The van der Waals surface area contributed by atoms with Crippen LogP contribution in [0.3, 0.4) is 0 Å². The lowest BCUT2D eigenvalue weighted by molar-refractivity contribution is 0.0911. The normalized spacial score (nSPS) is 16.1. The van der Waals surface area contributed by atoms with E-state index in [2.05, 4.69) is 55.3 Å². The molecule has 1 N–H and O–H groups in total. The quantitative estimate of drug-likeness (QED) is 0.601. The van der Waals surface area contributed by atoms with E-state index in [-0.39, 0.29) is 17.4 Å². The lowest BCUT2D eigenvalue weighted by Gasteiger charge is -2.29. The highest BCUT2D eigenvalue weighted by atomic mass is 16.3. The van der Waals surface area contributed by atoms with Crippen LogP contribution in [-0.2, 0) is 5.41 Å². The van der Waals surface area contributed by atoms with Gasteiger partial charge in [-0.1, -0.05) is 63.2 Å². The number of para-hydroxylation sites is 1. The Labute approximate surface area is 179 Å². The first-order valence-corrected chi connectivity index (χ1v) is 11.0. The average molecular weight is 405 g/mol. The van der Waals surface area contributed by atoms with E-state index < -0.39 is 0 Å². The van der Waals surface area contributed by atoms with Crippen LogP contribution in [-0.4, -0.2) is 30.4 Å². The molecule has 1 saturated heterocycles. The molecule has 0 radical (unpaired) electrons. The van der Waals surface area contributed by atoms with Crippen molar-refractivity contribution >= 4 is 16.9 Å². The molecule has 3 aromatic rings. The molecule has 1 aliphatic heterocycles. The summed E-state index contributed by atoms with van der Waals surface area (Å²) in [7, 11) is 0. The number of carbonyl (C=O) groups excluding carboxylic acids is 1. The summed E-state index contributed by atoms with van der Waals surface area (Å²) >= 11 is 0. The van der Waals surface area contributed by atoms with Gasteiger partial charge in [-0.15, -0.1) is 0 Å². The summed E-state index contributed by atoms with van der Waals surface area (Å²) in [6.07, 6.45) is 2.43. The van der Waals surface area contributed by atoms with Crippen molar-refractivity contribution in [3.8, 4) is 0 Å². The second kappa shape index (κ2) is 8.27. The highest BCUT2D eigenvalue weighted by molar-refractivity contribution is 5.98. The zero-order valence-electron chi connectivity index (χ0n) is 18.5. The van der Waals surface area contributed by atoms with Gasteiger partial charge in [0.25, 0.3) is 5.91 Å². The molecule has 1 aliphatic rings. The molecular formula is C26H32N2O2. The number of nitrogens with zero attached hydrogens (tertiary/aromatic N) is 1. The highest BCUT2D eigenvalue weighted by Crippen LogP contribution is 2.29. The van der Waals surface area contributed by atoms with Crippen LogP contribution in [0.4, 0.5) is 0 Å². The Balaban J connectivity index is 1.53. The van der Waals surface area contributed by atoms with Crippen molar-refractivity contribution in [3.63, 3.8) is 0 Å². The van der Waals surface area contributed by atoms with Crippen molar-refractivity contribution in [1.29, 1.82) is 0 Å². The summed E-state index contributed by atoms with van der Waals surface area (Å²) in [5, 5.41) is 4.14. The van der Waals surface area contributed by atoms with Gasteiger partial charge in [0.2, 0.25) is 0 Å². The Hall–Kier alpha value is -2.59. The van der Waals surface area contributed by atoms with Gasteiger partial charge in [-0.2, -0.15) is 0 Å². The number of hydrogen-bond donors (Lipinski definition) is 1. The van der Waals surface area contributed by atoms with Crippen molar-refractivity contribution in [2.75, 3.05) is 19.6 Å². The van der Waals surface area contributed by atoms with Crippen molar-refractivity contribution in [2.24, 2.45) is 0 Å². The first kappa shape index (κ1) is 20.7. The average Bonchev–Trinajstić information content (AvgIpc) is 3.37. The smallest absolute Gasteiger partial charge is 0.287 e.